The van der Waals surface area contributed by atoms with Crippen molar-refractivity contribution in [1.29, 1.82) is 0 Å². The van der Waals surface area contributed by atoms with Crippen LogP contribution in [0.4, 0.5) is 0 Å². The number of hydrogen-bond acceptors (Lipinski definition) is 4. The summed E-state index contributed by atoms with van der Waals surface area (Å²) in [6, 6.07) is 7.84. The maximum absolute atomic E-state index is 12.7. The van der Waals surface area contributed by atoms with E-state index in [2.05, 4.69) is 38.0 Å². The summed E-state index contributed by atoms with van der Waals surface area (Å²) in [6.45, 7) is 9.02. The van der Waals surface area contributed by atoms with Gasteiger partial charge in [-0.15, -0.1) is 11.3 Å². The monoisotopic (exact) mass is 403 g/mol. The molecule has 1 aromatic carbocycles. The molecule has 2 aromatic heterocycles. The largest absolute Gasteiger partial charge is 0.309 e. The van der Waals surface area contributed by atoms with Crippen LogP contribution in [-0.2, 0) is 13.0 Å². The van der Waals surface area contributed by atoms with Crippen molar-refractivity contribution in [2.75, 3.05) is 0 Å². The predicted octanol–water partition coefficient (Wildman–Crippen LogP) is 5.39. The predicted molar refractivity (Wildman–Crippen MR) is 115 cm³/mol. The van der Waals surface area contributed by atoms with Gasteiger partial charge in [0.1, 0.15) is 10.7 Å². The first kappa shape index (κ1) is 20.1. The molecule has 144 valence electrons. The Balaban J connectivity index is 1.83. The van der Waals surface area contributed by atoms with Crippen LogP contribution in [-0.4, -0.2) is 9.97 Å². The summed E-state index contributed by atoms with van der Waals surface area (Å²) in [5.41, 5.74) is 2.15. The van der Waals surface area contributed by atoms with Crippen molar-refractivity contribution in [3.05, 3.63) is 61.5 Å². The van der Waals surface area contributed by atoms with E-state index in [1.54, 1.807) is 11.3 Å². The number of aromatic nitrogens is 2. The first-order valence-corrected chi connectivity index (χ1v) is 10.6. The Kier molecular flexibility index (Phi) is 6.35. The van der Waals surface area contributed by atoms with Gasteiger partial charge < -0.3 is 10.3 Å². The number of nitrogens with one attached hydrogen (secondary N) is 2. The van der Waals surface area contributed by atoms with Crippen LogP contribution < -0.4 is 10.9 Å². The van der Waals surface area contributed by atoms with Crippen LogP contribution in [0.25, 0.3) is 10.2 Å². The first-order valence-electron chi connectivity index (χ1n) is 9.39. The van der Waals surface area contributed by atoms with Crippen molar-refractivity contribution < 1.29 is 0 Å². The van der Waals surface area contributed by atoms with Gasteiger partial charge in [-0.1, -0.05) is 50.1 Å². The summed E-state index contributed by atoms with van der Waals surface area (Å²) in [5.74, 6) is 1.21. The van der Waals surface area contributed by atoms with Gasteiger partial charge in [-0.05, 0) is 43.4 Å². The zero-order valence-corrected chi connectivity index (χ0v) is 17.8. The number of halogens is 1. The molecule has 2 N–H and O–H groups in total. The molecule has 0 bridgehead atoms. The van der Waals surface area contributed by atoms with E-state index in [-0.39, 0.29) is 11.6 Å². The Hall–Kier alpha value is -1.69. The van der Waals surface area contributed by atoms with Crippen LogP contribution in [0.15, 0.2) is 29.1 Å². The zero-order valence-electron chi connectivity index (χ0n) is 16.2. The lowest BCUT2D eigenvalue weighted by Crippen LogP contribution is -2.22. The molecule has 0 saturated heterocycles. The number of benzene rings is 1. The molecule has 0 aliphatic carbocycles. The van der Waals surface area contributed by atoms with Gasteiger partial charge in [-0.25, -0.2) is 4.98 Å². The second-order valence-electron chi connectivity index (χ2n) is 7.17. The van der Waals surface area contributed by atoms with Crippen molar-refractivity contribution >= 4 is 33.2 Å². The maximum Gasteiger partial charge on any atom is 0.259 e. The molecular weight excluding hydrogens is 378 g/mol. The van der Waals surface area contributed by atoms with E-state index < -0.39 is 0 Å². The Morgan fingerprint density at radius 3 is 2.74 bits per heavy atom. The SMILES string of the molecule is CC[C@@H](C)Cc1c(C)sc2nc(CN[C@@H](C)c3ccccc3Cl)[nH]c(=O)c12. The average Bonchev–Trinajstić information content (AvgIpc) is 2.95. The molecule has 2 heterocycles. The normalized spacial score (nSPS) is 13.8. The highest BCUT2D eigenvalue weighted by Crippen LogP contribution is 2.29. The van der Waals surface area contributed by atoms with Crippen LogP contribution in [0.2, 0.25) is 5.02 Å². The molecule has 3 rings (SSSR count). The average molecular weight is 404 g/mol. The van der Waals surface area contributed by atoms with Gasteiger partial charge in [0.2, 0.25) is 0 Å². The molecule has 0 unspecified atom stereocenters. The minimum atomic E-state index is -0.0372. The van der Waals surface area contributed by atoms with Gasteiger partial charge in [0.15, 0.2) is 0 Å². The number of nitrogens with zero attached hydrogens (tertiary/aromatic N) is 1. The van der Waals surface area contributed by atoms with Gasteiger partial charge in [-0.3, -0.25) is 4.79 Å². The van der Waals surface area contributed by atoms with E-state index in [9.17, 15) is 4.79 Å². The fraction of sp³-hybridized carbons (Fsp3) is 0.429. The van der Waals surface area contributed by atoms with Gasteiger partial charge in [0.05, 0.1) is 11.9 Å². The lowest BCUT2D eigenvalue weighted by molar-refractivity contribution is 0.558. The van der Waals surface area contributed by atoms with Crippen LogP contribution in [0.3, 0.4) is 0 Å². The highest BCUT2D eigenvalue weighted by Gasteiger charge is 2.17. The van der Waals surface area contributed by atoms with E-state index in [4.69, 9.17) is 16.6 Å². The minimum Gasteiger partial charge on any atom is -0.309 e. The van der Waals surface area contributed by atoms with E-state index in [0.717, 1.165) is 39.2 Å². The van der Waals surface area contributed by atoms with Crippen LogP contribution >= 0.6 is 22.9 Å². The molecule has 0 radical (unpaired) electrons. The number of fused-ring (bicyclic) bond motifs is 1. The number of aryl methyl sites for hydroxylation is 1. The summed E-state index contributed by atoms with van der Waals surface area (Å²) in [6.07, 6.45) is 2.03. The molecule has 0 fully saturated rings. The van der Waals surface area contributed by atoms with Crippen molar-refractivity contribution in [3.63, 3.8) is 0 Å². The van der Waals surface area contributed by atoms with Crippen molar-refractivity contribution in [2.45, 2.75) is 53.1 Å². The molecular formula is C21H26ClN3OS. The molecule has 27 heavy (non-hydrogen) atoms. The smallest absolute Gasteiger partial charge is 0.259 e. The van der Waals surface area contributed by atoms with Crippen LogP contribution in [0.1, 0.15) is 55.1 Å². The Labute approximate surface area is 169 Å². The fourth-order valence-corrected chi connectivity index (χ4v) is 4.60. The molecule has 0 aliphatic rings. The molecule has 0 saturated carbocycles. The van der Waals surface area contributed by atoms with Crippen molar-refractivity contribution in [1.82, 2.24) is 15.3 Å². The van der Waals surface area contributed by atoms with Crippen molar-refractivity contribution in [2.24, 2.45) is 5.92 Å². The topological polar surface area (TPSA) is 57.8 Å². The summed E-state index contributed by atoms with van der Waals surface area (Å²) in [4.78, 5) is 22.4. The first-order chi connectivity index (χ1) is 12.9. The Bertz CT molecular complexity index is 995. The minimum absolute atomic E-state index is 0.0372. The van der Waals surface area contributed by atoms with E-state index >= 15 is 0 Å². The molecule has 0 amide bonds. The van der Waals surface area contributed by atoms with E-state index in [1.165, 1.54) is 4.88 Å². The summed E-state index contributed by atoms with van der Waals surface area (Å²) < 4.78 is 0. The zero-order chi connectivity index (χ0) is 19.6. The molecule has 2 atom stereocenters. The number of aromatic amines is 1. The number of thiophene rings is 1. The highest BCUT2D eigenvalue weighted by atomic mass is 35.5. The lowest BCUT2D eigenvalue weighted by Gasteiger charge is -2.15. The molecule has 6 heteroatoms. The third-order valence-corrected chi connectivity index (χ3v) is 6.49. The molecule has 0 spiro atoms. The standard InChI is InChI=1S/C21H26ClN3OS/c1-5-12(2)10-16-14(4)27-21-19(16)20(26)24-18(25-21)11-23-13(3)15-8-6-7-9-17(15)22/h6-9,12-13,23H,5,10-11H2,1-4H3,(H,24,25,26)/t12-,13+/m1/s1. The third kappa shape index (κ3) is 4.42. The third-order valence-electron chi connectivity index (χ3n) is 5.11. The van der Waals surface area contributed by atoms with E-state index in [1.807, 2.05) is 24.3 Å². The maximum atomic E-state index is 12.7. The lowest BCUT2D eigenvalue weighted by atomic mass is 9.98. The van der Waals surface area contributed by atoms with Gasteiger partial charge >= 0.3 is 0 Å². The highest BCUT2D eigenvalue weighted by molar-refractivity contribution is 7.18. The second kappa shape index (κ2) is 8.55. The Morgan fingerprint density at radius 1 is 1.30 bits per heavy atom. The fourth-order valence-electron chi connectivity index (χ4n) is 3.23. The van der Waals surface area contributed by atoms with Crippen LogP contribution in [0.5, 0.6) is 0 Å². The molecule has 3 aromatic rings. The summed E-state index contributed by atoms with van der Waals surface area (Å²) >= 11 is 7.88. The Morgan fingerprint density at radius 2 is 2.04 bits per heavy atom. The number of hydrogen-bond donors (Lipinski definition) is 2. The van der Waals surface area contributed by atoms with Gasteiger partial charge in [0, 0.05) is 15.9 Å². The van der Waals surface area contributed by atoms with Crippen LogP contribution in [0, 0.1) is 12.8 Å². The van der Waals surface area contributed by atoms with E-state index in [0.29, 0.717) is 18.3 Å². The molecule has 0 aliphatic heterocycles. The number of rotatable bonds is 7. The van der Waals surface area contributed by atoms with Gasteiger partial charge in [0.25, 0.3) is 5.56 Å². The van der Waals surface area contributed by atoms with Crippen molar-refractivity contribution in [3.8, 4) is 0 Å². The van der Waals surface area contributed by atoms with Gasteiger partial charge in [-0.2, -0.15) is 0 Å². The summed E-state index contributed by atoms with van der Waals surface area (Å²) in [5, 5.41) is 4.90. The summed E-state index contributed by atoms with van der Waals surface area (Å²) in [7, 11) is 0. The number of H-pyrrole nitrogens is 1. The molecule has 4 nitrogen and oxygen atoms in total. The quantitative estimate of drug-likeness (QED) is 0.556. The second-order valence-corrected chi connectivity index (χ2v) is 8.78.